The second-order valence-electron chi connectivity index (χ2n) is 4.95. The van der Waals surface area contributed by atoms with E-state index in [0.717, 1.165) is 5.69 Å². The molecule has 20 heavy (non-hydrogen) atoms. The second-order valence-corrected chi connectivity index (χ2v) is 5.34. The van der Waals surface area contributed by atoms with Gasteiger partial charge in [-0.3, -0.25) is 9.59 Å². The smallest absolute Gasteiger partial charge is 0.308 e. The number of aromatic nitrogens is 1. The van der Waals surface area contributed by atoms with Gasteiger partial charge in [0.05, 0.1) is 5.92 Å². The standard InChI is InChI=1S/C14H17ClN2O3/c1-2-11-6-10(7-12(15)16-11)13(18)17-5-3-4-9(8-17)14(19)20/h6-7,9H,2-5,8H2,1H3,(H,19,20)/t9-/m0/s1. The average Bonchev–Trinajstić information content (AvgIpc) is 2.45. The van der Waals surface area contributed by atoms with Crippen molar-refractivity contribution in [2.75, 3.05) is 13.1 Å². The van der Waals surface area contributed by atoms with Crippen molar-refractivity contribution in [3.05, 3.63) is 28.5 Å². The van der Waals surface area contributed by atoms with Crippen molar-refractivity contribution >= 4 is 23.5 Å². The summed E-state index contributed by atoms with van der Waals surface area (Å²) in [5, 5.41) is 9.36. The van der Waals surface area contributed by atoms with Crippen molar-refractivity contribution in [3.63, 3.8) is 0 Å². The van der Waals surface area contributed by atoms with E-state index in [0.29, 0.717) is 36.5 Å². The van der Waals surface area contributed by atoms with Gasteiger partial charge in [-0.15, -0.1) is 0 Å². The lowest BCUT2D eigenvalue weighted by Gasteiger charge is -2.30. The van der Waals surface area contributed by atoms with Crippen LogP contribution in [0.4, 0.5) is 0 Å². The van der Waals surface area contributed by atoms with Crippen LogP contribution in [0.5, 0.6) is 0 Å². The molecule has 1 N–H and O–H groups in total. The quantitative estimate of drug-likeness (QED) is 0.868. The minimum absolute atomic E-state index is 0.171. The molecule has 2 rings (SSSR count). The van der Waals surface area contributed by atoms with Crippen LogP contribution in [0.15, 0.2) is 12.1 Å². The lowest BCUT2D eigenvalue weighted by atomic mass is 9.97. The van der Waals surface area contributed by atoms with Crippen LogP contribution in [0, 0.1) is 5.92 Å². The van der Waals surface area contributed by atoms with Crippen molar-refractivity contribution in [3.8, 4) is 0 Å². The molecule has 0 radical (unpaired) electrons. The van der Waals surface area contributed by atoms with E-state index in [1.807, 2.05) is 6.92 Å². The van der Waals surface area contributed by atoms with Gasteiger partial charge in [-0.2, -0.15) is 0 Å². The van der Waals surface area contributed by atoms with E-state index in [-0.39, 0.29) is 12.5 Å². The zero-order valence-corrected chi connectivity index (χ0v) is 12.1. The van der Waals surface area contributed by atoms with Gasteiger partial charge in [0.15, 0.2) is 0 Å². The molecule has 0 bridgehead atoms. The molecular formula is C14H17ClN2O3. The molecule has 0 unspecified atom stereocenters. The molecule has 0 spiro atoms. The lowest BCUT2D eigenvalue weighted by molar-refractivity contribution is -0.143. The minimum atomic E-state index is -0.843. The number of piperidine rings is 1. The van der Waals surface area contributed by atoms with Gasteiger partial charge in [0.25, 0.3) is 5.91 Å². The van der Waals surface area contributed by atoms with Crippen molar-refractivity contribution in [1.29, 1.82) is 0 Å². The summed E-state index contributed by atoms with van der Waals surface area (Å²) in [4.78, 5) is 29.2. The zero-order valence-electron chi connectivity index (χ0n) is 11.3. The van der Waals surface area contributed by atoms with E-state index in [2.05, 4.69) is 4.98 Å². The first-order valence-electron chi connectivity index (χ1n) is 6.69. The maximum atomic E-state index is 12.4. The largest absolute Gasteiger partial charge is 0.481 e. The van der Waals surface area contributed by atoms with Gasteiger partial charge in [-0.1, -0.05) is 18.5 Å². The number of halogens is 1. The Bertz CT molecular complexity index is 533. The molecule has 5 nitrogen and oxygen atoms in total. The molecule has 108 valence electrons. The summed E-state index contributed by atoms with van der Waals surface area (Å²) in [7, 11) is 0. The lowest BCUT2D eigenvalue weighted by Crippen LogP contribution is -2.42. The molecule has 1 fully saturated rings. The number of likely N-dealkylation sites (tertiary alicyclic amines) is 1. The molecule has 0 aliphatic carbocycles. The van der Waals surface area contributed by atoms with Crippen LogP contribution in [-0.2, 0) is 11.2 Å². The van der Waals surface area contributed by atoms with E-state index >= 15 is 0 Å². The normalized spacial score (nSPS) is 18.9. The zero-order chi connectivity index (χ0) is 14.7. The van der Waals surface area contributed by atoms with E-state index in [1.54, 1.807) is 11.0 Å². The molecule has 1 aliphatic rings. The van der Waals surface area contributed by atoms with E-state index in [4.69, 9.17) is 16.7 Å². The maximum Gasteiger partial charge on any atom is 0.308 e. The highest BCUT2D eigenvalue weighted by Gasteiger charge is 2.28. The molecule has 0 saturated carbocycles. The first-order chi connectivity index (χ1) is 9.51. The van der Waals surface area contributed by atoms with Gasteiger partial charge < -0.3 is 10.0 Å². The van der Waals surface area contributed by atoms with E-state index < -0.39 is 11.9 Å². The van der Waals surface area contributed by atoms with Crippen LogP contribution in [0.1, 0.15) is 35.8 Å². The summed E-state index contributed by atoms with van der Waals surface area (Å²) in [6, 6.07) is 3.26. The molecule has 1 saturated heterocycles. The topological polar surface area (TPSA) is 70.5 Å². The van der Waals surface area contributed by atoms with Crippen molar-refractivity contribution in [1.82, 2.24) is 9.88 Å². The predicted molar refractivity (Wildman–Crippen MR) is 74.9 cm³/mol. The molecule has 1 aliphatic heterocycles. The van der Waals surface area contributed by atoms with Gasteiger partial charge in [0, 0.05) is 24.3 Å². The number of carbonyl (C=O) groups excluding carboxylic acids is 1. The molecule has 0 aromatic carbocycles. The van der Waals surface area contributed by atoms with Gasteiger partial charge in [-0.05, 0) is 31.4 Å². The summed E-state index contributed by atoms with van der Waals surface area (Å²) in [5.74, 6) is -1.49. The Morgan fingerprint density at radius 1 is 1.50 bits per heavy atom. The monoisotopic (exact) mass is 296 g/mol. The number of carbonyl (C=O) groups is 2. The molecule has 1 atom stereocenters. The predicted octanol–water partition coefficient (Wildman–Crippen LogP) is 2.23. The fraction of sp³-hybridized carbons (Fsp3) is 0.500. The van der Waals surface area contributed by atoms with Crippen LogP contribution in [0.3, 0.4) is 0 Å². The van der Waals surface area contributed by atoms with Gasteiger partial charge in [-0.25, -0.2) is 4.98 Å². The van der Waals surface area contributed by atoms with Gasteiger partial charge in [0.2, 0.25) is 0 Å². The highest BCUT2D eigenvalue weighted by molar-refractivity contribution is 6.29. The van der Waals surface area contributed by atoms with E-state index in [1.165, 1.54) is 6.07 Å². The fourth-order valence-corrected chi connectivity index (χ4v) is 2.63. The highest BCUT2D eigenvalue weighted by Crippen LogP contribution is 2.20. The Kier molecular flexibility index (Phi) is 4.60. The van der Waals surface area contributed by atoms with Gasteiger partial charge in [0.1, 0.15) is 5.15 Å². The number of aryl methyl sites for hydroxylation is 1. The SMILES string of the molecule is CCc1cc(C(=O)N2CCC[C@H](C(=O)O)C2)cc(Cl)n1. The number of amides is 1. The van der Waals surface area contributed by atoms with Crippen LogP contribution in [-0.4, -0.2) is 40.0 Å². The molecule has 1 amide bonds. The number of carboxylic acids is 1. The Hall–Kier alpha value is -1.62. The number of hydrogen-bond donors (Lipinski definition) is 1. The van der Waals surface area contributed by atoms with E-state index in [9.17, 15) is 9.59 Å². The fourth-order valence-electron chi connectivity index (χ4n) is 2.40. The van der Waals surface area contributed by atoms with Crippen LogP contribution in [0.2, 0.25) is 5.15 Å². The first-order valence-corrected chi connectivity index (χ1v) is 7.07. The number of pyridine rings is 1. The third-order valence-electron chi connectivity index (χ3n) is 3.51. The highest BCUT2D eigenvalue weighted by atomic mass is 35.5. The first kappa shape index (κ1) is 14.8. The Morgan fingerprint density at radius 2 is 2.25 bits per heavy atom. The third-order valence-corrected chi connectivity index (χ3v) is 3.71. The van der Waals surface area contributed by atoms with Crippen LogP contribution >= 0.6 is 11.6 Å². The molecule has 1 aromatic heterocycles. The Morgan fingerprint density at radius 3 is 2.90 bits per heavy atom. The number of rotatable bonds is 3. The van der Waals surface area contributed by atoms with Crippen LogP contribution < -0.4 is 0 Å². The number of hydrogen-bond acceptors (Lipinski definition) is 3. The minimum Gasteiger partial charge on any atom is -0.481 e. The van der Waals surface area contributed by atoms with Crippen molar-refractivity contribution in [2.45, 2.75) is 26.2 Å². The van der Waals surface area contributed by atoms with Crippen LogP contribution in [0.25, 0.3) is 0 Å². The summed E-state index contributed by atoms with van der Waals surface area (Å²) >= 11 is 5.91. The summed E-state index contributed by atoms with van der Waals surface area (Å²) in [6.45, 7) is 2.79. The average molecular weight is 297 g/mol. The van der Waals surface area contributed by atoms with Crippen molar-refractivity contribution < 1.29 is 14.7 Å². The molecule has 2 heterocycles. The third kappa shape index (κ3) is 3.28. The van der Waals surface area contributed by atoms with Gasteiger partial charge >= 0.3 is 5.97 Å². The summed E-state index contributed by atoms with van der Waals surface area (Å²) in [5.41, 5.74) is 1.24. The van der Waals surface area contributed by atoms with Crippen molar-refractivity contribution in [2.24, 2.45) is 5.92 Å². The molecule has 6 heteroatoms. The molecule has 1 aromatic rings. The number of nitrogens with zero attached hydrogens (tertiary/aromatic N) is 2. The Balaban J connectivity index is 2.18. The number of carboxylic acid groups (broad SMARTS) is 1. The second kappa shape index (κ2) is 6.22. The number of aliphatic carboxylic acids is 1. The summed E-state index contributed by atoms with van der Waals surface area (Å²) in [6.07, 6.45) is 2.02. The summed E-state index contributed by atoms with van der Waals surface area (Å²) < 4.78 is 0. The molecular weight excluding hydrogens is 280 g/mol. The maximum absolute atomic E-state index is 12.4. The Labute approximate surface area is 122 Å².